The van der Waals surface area contributed by atoms with Crippen molar-refractivity contribution in [2.45, 2.75) is 60.9 Å². The highest BCUT2D eigenvalue weighted by molar-refractivity contribution is 6.83. The van der Waals surface area contributed by atoms with Crippen LogP contribution >= 0.6 is 0 Å². The molecule has 0 fully saturated rings. The van der Waals surface area contributed by atoms with Crippen molar-refractivity contribution < 1.29 is 24.5 Å². The largest absolute Gasteiger partial charge is 0.489 e. The molecular formula is C34H36N2O5Si. The van der Waals surface area contributed by atoms with Crippen LogP contribution in [0.4, 0.5) is 0 Å². The molecule has 0 spiro atoms. The molecule has 1 aromatic heterocycles. The first-order chi connectivity index (χ1) is 19.7. The lowest BCUT2D eigenvalue weighted by Gasteiger charge is -2.19. The zero-order chi connectivity index (χ0) is 30.9. The van der Waals surface area contributed by atoms with Gasteiger partial charge in [-0.15, -0.1) is 5.54 Å². The summed E-state index contributed by atoms with van der Waals surface area (Å²) in [4.78, 5) is 24.7. The summed E-state index contributed by atoms with van der Waals surface area (Å²) in [7, 11) is -1.77. The molecule has 8 heteroatoms. The second-order valence-corrected chi connectivity index (χ2v) is 16.3. The van der Waals surface area contributed by atoms with Gasteiger partial charge in [-0.2, -0.15) is 5.10 Å². The Balaban J connectivity index is 1.85. The molecule has 0 saturated heterocycles. The third-order valence-electron chi connectivity index (χ3n) is 7.30. The second-order valence-electron chi connectivity index (χ2n) is 11.6. The summed E-state index contributed by atoms with van der Waals surface area (Å²) in [6, 6.07) is 14.2. The van der Waals surface area contributed by atoms with Gasteiger partial charge in [0, 0.05) is 22.4 Å². The maximum atomic E-state index is 12.4. The van der Waals surface area contributed by atoms with Crippen molar-refractivity contribution in [3.05, 3.63) is 98.9 Å². The first-order valence-corrected chi connectivity index (χ1v) is 17.2. The molecule has 0 bridgehead atoms. The fourth-order valence-electron chi connectivity index (χ4n) is 4.84. The van der Waals surface area contributed by atoms with Crippen LogP contribution in [-0.4, -0.2) is 40.0 Å². The van der Waals surface area contributed by atoms with Gasteiger partial charge in [-0.25, -0.2) is 14.3 Å². The van der Waals surface area contributed by atoms with E-state index in [1.54, 1.807) is 19.1 Å². The minimum absolute atomic E-state index is 0.0489. The third kappa shape index (κ3) is 6.16. The lowest BCUT2D eigenvalue weighted by molar-refractivity contribution is 0.0695. The van der Waals surface area contributed by atoms with Crippen LogP contribution in [0.1, 0.15) is 59.9 Å². The Morgan fingerprint density at radius 2 is 1.64 bits per heavy atom. The molecule has 4 rings (SSSR count). The van der Waals surface area contributed by atoms with Crippen LogP contribution in [0.3, 0.4) is 0 Å². The molecule has 42 heavy (non-hydrogen) atoms. The van der Waals surface area contributed by atoms with E-state index in [-0.39, 0.29) is 23.3 Å². The van der Waals surface area contributed by atoms with Gasteiger partial charge in [0.15, 0.2) is 0 Å². The number of ether oxygens (including phenoxy) is 1. The fourth-order valence-corrected chi connectivity index (χ4v) is 5.35. The molecule has 0 aliphatic carbocycles. The standard InChI is InChI=1S/C34H36N2O5Si/c1-20-12-14-28(33(37)38)32(31(20)34(39)40)27-11-9-10-25(16-17-42(6,7)8)29(27)19-41-30-15-13-26(18-21(30)2)36-24(5)22(3)23(4)35-36/h9-15,18H,19H2,1-8H3,(H,37,38)(H,39,40). The van der Waals surface area contributed by atoms with Crippen LogP contribution in [0.5, 0.6) is 5.75 Å². The molecule has 0 amide bonds. The van der Waals surface area contributed by atoms with E-state index in [9.17, 15) is 19.8 Å². The molecule has 0 aliphatic rings. The normalized spacial score (nSPS) is 11.1. The van der Waals surface area contributed by atoms with Crippen LogP contribution in [0.2, 0.25) is 19.6 Å². The Hall–Kier alpha value is -4.61. The minimum atomic E-state index is -1.77. The second kappa shape index (κ2) is 11.7. The summed E-state index contributed by atoms with van der Waals surface area (Å²) >= 11 is 0. The highest BCUT2D eigenvalue weighted by Gasteiger charge is 2.25. The fraction of sp³-hybridized carbons (Fsp3) is 0.265. The zero-order valence-electron chi connectivity index (χ0n) is 25.3. The number of benzene rings is 3. The molecule has 0 aliphatic heterocycles. The van der Waals surface area contributed by atoms with Crippen LogP contribution in [0.25, 0.3) is 16.8 Å². The maximum absolute atomic E-state index is 12.4. The molecule has 0 atom stereocenters. The van der Waals surface area contributed by atoms with Crippen molar-refractivity contribution in [2.75, 3.05) is 0 Å². The predicted octanol–water partition coefficient (Wildman–Crippen LogP) is 7.29. The average Bonchev–Trinajstić information content (AvgIpc) is 3.17. The Bertz CT molecular complexity index is 1780. The van der Waals surface area contributed by atoms with E-state index in [1.807, 2.05) is 49.7 Å². The summed E-state index contributed by atoms with van der Waals surface area (Å²) in [6.07, 6.45) is 0. The molecule has 0 saturated carbocycles. The first-order valence-electron chi connectivity index (χ1n) is 13.7. The monoisotopic (exact) mass is 580 g/mol. The van der Waals surface area contributed by atoms with Crippen molar-refractivity contribution in [1.29, 1.82) is 0 Å². The van der Waals surface area contributed by atoms with Crippen molar-refractivity contribution in [3.63, 3.8) is 0 Å². The number of aryl methyl sites for hydroxylation is 3. The van der Waals surface area contributed by atoms with Gasteiger partial charge in [0.1, 0.15) is 20.4 Å². The number of rotatable bonds is 7. The number of hydrogen-bond donors (Lipinski definition) is 2. The molecule has 1 heterocycles. The summed E-state index contributed by atoms with van der Waals surface area (Å²) in [5.41, 5.74) is 10.7. The average molecular weight is 581 g/mol. The predicted molar refractivity (Wildman–Crippen MR) is 168 cm³/mol. The number of carboxylic acids is 2. The maximum Gasteiger partial charge on any atom is 0.336 e. The number of aromatic carboxylic acids is 2. The summed E-state index contributed by atoms with van der Waals surface area (Å²) in [5.74, 6) is 1.55. The van der Waals surface area contributed by atoms with Gasteiger partial charge < -0.3 is 14.9 Å². The van der Waals surface area contributed by atoms with Crippen molar-refractivity contribution >= 4 is 20.0 Å². The molecule has 0 unspecified atom stereocenters. The van der Waals surface area contributed by atoms with Gasteiger partial charge in [0.05, 0.1) is 22.5 Å². The van der Waals surface area contributed by atoms with Gasteiger partial charge in [-0.3, -0.25) is 0 Å². The lowest BCUT2D eigenvalue weighted by Crippen LogP contribution is -2.16. The smallest absolute Gasteiger partial charge is 0.336 e. The van der Waals surface area contributed by atoms with Crippen molar-refractivity contribution in [3.8, 4) is 34.0 Å². The molecule has 4 aromatic rings. The molecule has 7 nitrogen and oxygen atoms in total. The number of nitrogens with zero attached hydrogens (tertiary/aromatic N) is 2. The van der Waals surface area contributed by atoms with Crippen molar-refractivity contribution in [2.24, 2.45) is 0 Å². The van der Waals surface area contributed by atoms with E-state index in [0.29, 0.717) is 28.0 Å². The lowest BCUT2D eigenvalue weighted by atomic mass is 9.87. The third-order valence-corrected chi connectivity index (χ3v) is 8.18. The van der Waals surface area contributed by atoms with Crippen LogP contribution in [-0.2, 0) is 6.61 Å². The Morgan fingerprint density at radius 1 is 0.929 bits per heavy atom. The zero-order valence-corrected chi connectivity index (χ0v) is 26.3. The van der Waals surface area contributed by atoms with Gasteiger partial charge in [0.25, 0.3) is 0 Å². The minimum Gasteiger partial charge on any atom is -0.489 e. The van der Waals surface area contributed by atoms with E-state index in [1.165, 1.54) is 12.1 Å². The molecule has 0 radical (unpaired) electrons. The van der Waals surface area contributed by atoms with E-state index in [4.69, 9.17) is 4.74 Å². The quantitative estimate of drug-likeness (QED) is 0.176. The number of aromatic nitrogens is 2. The van der Waals surface area contributed by atoms with E-state index in [2.05, 4.69) is 43.1 Å². The van der Waals surface area contributed by atoms with Crippen molar-refractivity contribution in [1.82, 2.24) is 9.78 Å². The van der Waals surface area contributed by atoms with Crippen LogP contribution in [0, 0.1) is 46.1 Å². The van der Waals surface area contributed by atoms with Crippen LogP contribution in [0.15, 0.2) is 48.5 Å². The summed E-state index contributed by atoms with van der Waals surface area (Å²) in [6.45, 7) is 16.2. The summed E-state index contributed by atoms with van der Waals surface area (Å²) in [5, 5.41) is 24.8. The number of carbonyl (C=O) groups is 2. The van der Waals surface area contributed by atoms with E-state index in [0.717, 1.165) is 28.2 Å². The van der Waals surface area contributed by atoms with Gasteiger partial charge >= 0.3 is 11.9 Å². The molecule has 216 valence electrons. The van der Waals surface area contributed by atoms with Crippen LogP contribution < -0.4 is 4.74 Å². The summed E-state index contributed by atoms with van der Waals surface area (Å²) < 4.78 is 8.27. The highest BCUT2D eigenvalue weighted by Crippen LogP contribution is 2.35. The Morgan fingerprint density at radius 3 is 2.21 bits per heavy atom. The van der Waals surface area contributed by atoms with Gasteiger partial charge in [-0.1, -0.05) is 43.8 Å². The molecule has 2 N–H and O–H groups in total. The van der Waals surface area contributed by atoms with E-state index >= 15 is 0 Å². The van der Waals surface area contributed by atoms with Gasteiger partial charge in [-0.05, 0) is 87.2 Å². The number of hydrogen-bond acceptors (Lipinski definition) is 4. The Labute approximate surface area is 247 Å². The first kappa shape index (κ1) is 30.3. The topological polar surface area (TPSA) is 102 Å². The molecular weight excluding hydrogens is 544 g/mol. The highest BCUT2D eigenvalue weighted by atomic mass is 28.3. The SMILES string of the molecule is Cc1cc(-n2nc(C)c(C)c2C)ccc1OCc1c(C#C[Si](C)(C)C)cccc1-c1c(C(=O)O)ccc(C)c1C(=O)O. The Kier molecular flexibility index (Phi) is 8.46. The number of carboxylic acid groups (broad SMARTS) is 2. The van der Waals surface area contributed by atoms with E-state index < -0.39 is 20.0 Å². The molecule has 3 aromatic carbocycles. The van der Waals surface area contributed by atoms with Gasteiger partial charge in [0.2, 0.25) is 0 Å².